The molecule has 2 fully saturated rings. The molecule has 3 aliphatic carbocycles. The van der Waals surface area contributed by atoms with Gasteiger partial charge in [0.05, 0.1) is 5.57 Å². The van der Waals surface area contributed by atoms with Crippen LogP contribution in [0.2, 0.25) is 0 Å². The second-order valence-corrected chi connectivity index (χ2v) is 11.4. The topological polar surface area (TPSA) is 87.8 Å². The van der Waals surface area contributed by atoms with Gasteiger partial charge in [0.1, 0.15) is 17.6 Å². The average molecular weight is 530 g/mol. The van der Waals surface area contributed by atoms with E-state index in [0.29, 0.717) is 40.5 Å². The molecule has 0 aliphatic heterocycles. The van der Waals surface area contributed by atoms with E-state index in [0.717, 1.165) is 44.9 Å². The van der Waals surface area contributed by atoms with Crippen LogP contribution >= 0.6 is 0 Å². The summed E-state index contributed by atoms with van der Waals surface area (Å²) < 4.78 is 17.1. The highest BCUT2D eigenvalue weighted by molar-refractivity contribution is 5.93. The van der Waals surface area contributed by atoms with Crippen molar-refractivity contribution in [3.8, 4) is 11.5 Å². The van der Waals surface area contributed by atoms with Gasteiger partial charge in [-0.1, -0.05) is 38.1 Å². The van der Waals surface area contributed by atoms with Crippen molar-refractivity contribution in [3.63, 3.8) is 0 Å². The molecule has 3 aliphatic rings. The Morgan fingerprint density at radius 3 is 2.54 bits per heavy atom. The lowest BCUT2D eigenvalue weighted by atomic mass is 9.55. The fraction of sp³-hybridized carbons (Fsp3) is 0.455. The van der Waals surface area contributed by atoms with E-state index in [1.807, 2.05) is 32.1 Å². The number of hydrogen-bond acceptors (Lipinski definition) is 6. The molecule has 2 N–H and O–H groups in total. The lowest BCUT2D eigenvalue weighted by Gasteiger charge is -2.50. The number of ether oxygens (including phenoxy) is 3. The van der Waals surface area contributed by atoms with Gasteiger partial charge in [-0.2, -0.15) is 0 Å². The van der Waals surface area contributed by atoms with Gasteiger partial charge in [-0.3, -0.25) is 0 Å². The minimum absolute atomic E-state index is 0.0525. The molecule has 2 aromatic rings. The molecular weight excluding hydrogens is 490 g/mol. The summed E-state index contributed by atoms with van der Waals surface area (Å²) in [5, 5.41) is 0. The van der Waals surface area contributed by atoms with Gasteiger partial charge < -0.3 is 19.9 Å². The Labute approximate surface area is 231 Å². The molecule has 2 saturated carbocycles. The third-order valence-corrected chi connectivity index (χ3v) is 9.15. The van der Waals surface area contributed by atoms with E-state index in [4.69, 9.17) is 19.9 Å². The Kier molecular flexibility index (Phi) is 7.83. The maximum Gasteiger partial charge on any atom is 0.514 e. The summed E-state index contributed by atoms with van der Waals surface area (Å²) in [6.45, 7) is 6.20. The van der Waals surface area contributed by atoms with Gasteiger partial charge in [0.25, 0.3) is 0 Å². The molecule has 0 saturated heterocycles. The van der Waals surface area contributed by atoms with Gasteiger partial charge in [0, 0.05) is 11.1 Å². The third-order valence-electron chi connectivity index (χ3n) is 9.15. The monoisotopic (exact) mass is 529 g/mol. The molecule has 0 spiro atoms. The molecule has 39 heavy (non-hydrogen) atoms. The number of carbonyl (C=O) groups is 2. The number of rotatable bonds is 6. The van der Waals surface area contributed by atoms with Crippen molar-refractivity contribution < 1.29 is 23.8 Å². The largest absolute Gasteiger partial charge is 0.514 e. The number of nitrogens with two attached hydrogens (primary N) is 1. The summed E-state index contributed by atoms with van der Waals surface area (Å²) in [4.78, 5) is 25.3. The first kappa shape index (κ1) is 27.0. The maximum atomic E-state index is 12.7. The molecule has 206 valence electrons. The predicted molar refractivity (Wildman–Crippen MR) is 152 cm³/mol. The van der Waals surface area contributed by atoms with Crippen LogP contribution in [0.4, 0.5) is 10.5 Å². The van der Waals surface area contributed by atoms with E-state index in [1.165, 1.54) is 11.1 Å². The van der Waals surface area contributed by atoms with Crippen LogP contribution in [0.5, 0.6) is 11.5 Å². The molecule has 6 nitrogen and oxygen atoms in total. The Morgan fingerprint density at radius 1 is 1.03 bits per heavy atom. The van der Waals surface area contributed by atoms with E-state index < -0.39 is 6.16 Å². The minimum atomic E-state index is -0.642. The Balaban J connectivity index is 1.25. The quantitative estimate of drug-likeness (QED) is 0.104. The average Bonchev–Trinajstić information content (AvgIpc) is 3.25. The SMILES string of the molecule is C/C=C\C(=C/CC)C(=O)Oc1ccc2c(c1)CCC1C2CCC2(C)C(OC(=O)Oc3ccc(N)cc3)CCC12. The number of benzene rings is 2. The van der Waals surface area contributed by atoms with Crippen LogP contribution in [0.1, 0.15) is 76.3 Å². The number of fused-ring (bicyclic) bond motifs is 5. The molecule has 0 bridgehead atoms. The lowest BCUT2D eigenvalue weighted by Crippen LogP contribution is -2.45. The predicted octanol–water partition coefficient (Wildman–Crippen LogP) is 7.53. The van der Waals surface area contributed by atoms with Crippen LogP contribution in [-0.2, 0) is 16.0 Å². The molecule has 6 heteroatoms. The van der Waals surface area contributed by atoms with Gasteiger partial charge in [0.15, 0.2) is 0 Å². The molecule has 0 heterocycles. The molecule has 5 unspecified atom stereocenters. The number of anilines is 1. The first-order valence-corrected chi connectivity index (χ1v) is 14.2. The molecule has 5 rings (SSSR count). The van der Waals surface area contributed by atoms with Crippen molar-refractivity contribution in [2.45, 2.75) is 77.7 Å². The lowest BCUT2D eigenvalue weighted by molar-refractivity contribution is -0.129. The van der Waals surface area contributed by atoms with E-state index in [9.17, 15) is 9.59 Å². The summed E-state index contributed by atoms with van der Waals surface area (Å²) in [6, 6.07) is 12.9. The number of nitrogen functional groups attached to an aromatic ring is 1. The molecule has 0 amide bonds. The summed E-state index contributed by atoms with van der Waals surface area (Å²) in [5.41, 5.74) is 9.55. The van der Waals surface area contributed by atoms with Crippen molar-refractivity contribution in [2.75, 3.05) is 5.73 Å². The van der Waals surface area contributed by atoms with Crippen LogP contribution in [0.15, 0.2) is 66.3 Å². The number of aryl methyl sites for hydroxylation is 1. The Bertz CT molecular complexity index is 1280. The van der Waals surface area contributed by atoms with Crippen LogP contribution in [0.25, 0.3) is 0 Å². The Morgan fingerprint density at radius 2 is 1.79 bits per heavy atom. The summed E-state index contributed by atoms with van der Waals surface area (Å²) in [6.07, 6.45) is 11.6. The first-order chi connectivity index (χ1) is 18.8. The first-order valence-electron chi connectivity index (χ1n) is 14.2. The van der Waals surface area contributed by atoms with Crippen molar-refractivity contribution in [1.29, 1.82) is 0 Å². The molecule has 0 aromatic heterocycles. The highest BCUT2D eigenvalue weighted by atomic mass is 16.7. The summed E-state index contributed by atoms with van der Waals surface area (Å²) >= 11 is 0. The van der Waals surface area contributed by atoms with Gasteiger partial charge >= 0.3 is 12.1 Å². The van der Waals surface area contributed by atoms with E-state index >= 15 is 0 Å². The second-order valence-electron chi connectivity index (χ2n) is 11.4. The third kappa shape index (κ3) is 5.47. The minimum Gasteiger partial charge on any atom is -0.430 e. The fourth-order valence-corrected chi connectivity index (χ4v) is 7.32. The van der Waals surface area contributed by atoms with Crippen LogP contribution in [0, 0.1) is 17.3 Å². The van der Waals surface area contributed by atoms with Crippen molar-refractivity contribution in [3.05, 3.63) is 77.4 Å². The number of allylic oxidation sites excluding steroid dienone is 2. The van der Waals surface area contributed by atoms with Crippen molar-refractivity contribution in [1.82, 2.24) is 0 Å². The zero-order chi connectivity index (χ0) is 27.6. The molecule has 0 radical (unpaired) electrons. The molecular formula is C33H39NO5. The number of carbonyl (C=O) groups excluding carboxylic acids is 2. The standard InChI is InChI=1S/C33H39NO5/c1-4-6-21(7-5-2)31(35)37-25-13-15-26-22(20-25)8-14-28-27(26)18-19-33(3)29(28)16-17-30(33)39-32(36)38-24-11-9-23(34)10-12-24/h4,6-7,9-13,15,20,27-30H,5,8,14,16-19,34H2,1-3H3/b6-4-,21-7+. The fourth-order valence-electron chi connectivity index (χ4n) is 7.32. The zero-order valence-electron chi connectivity index (χ0n) is 23.2. The summed E-state index contributed by atoms with van der Waals surface area (Å²) in [5.74, 6) is 2.27. The van der Waals surface area contributed by atoms with Crippen LogP contribution < -0.4 is 15.2 Å². The van der Waals surface area contributed by atoms with E-state index in [2.05, 4.69) is 19.1 Å². The Hall–Kier alpha value is -3.54. The highest BCUT2D eigenvalue weighted by Crippen LogP contribution is 2.61. The normalized spacial score (nSPS) is 27.8. The highest BCUT2D eigenvalue weighted by Gasteiger charge is 2.56. The van der Waals surface area contributed by atoms with Gasteiger partial charge in [-0.25, -0.2) is 9.59 Å². The van der Waals surface area contributed by atoms with Gasteiger partial charge in [-0.05, 0) is 117 Å². The van der Waals surface area contributed by atoms with Crippen molar-refractivity contribution >= 4 is 17.8 Å². The molecule has 5 atom stereocenters. The van der Waals surface area contributed by atoms with Gasteiger partial charge in [-0.15, -0.1) is 0 Å². The van der Waals surface area contributed by atoms with Crippen LogP contribution in [0.3, 0.4) is 0 Å². The van der Waals surface area contributed by atoms with E-state index in [1.54, 1.807) is 30.3 Å². The number of esters is 1. The maximum absolute atomic E-state index is 12.7. The molecule has 2 aromatic carbocycles. The summed E-state index contributed by atoms with van der Waals surface area (Å²) in [7, 11) is 0. The van der Waals surface area contributed by atoms with Crippen molar-refractivity contribution in [2.24, 2.45) is 17.3 Å². The van der Waals surface area contributed by atoms with Gasteiger partial charge in [0.2, 0.25) is 0 Å². The zero-order valence-corrected chi connectivity index (χ0v) is 23.2. The smallest absolute Gasteiger partial charge is 0.430 e. The second kappa shape index (κ2) is 11.3. The number of hydrogen-bond donors (Lipinski definition) is 1. The van der Waals surface area contributed by atoms with E-state index in [-0.39, 0.29) is 17.5 Å². The van der Waals surface area contributed by atoms with Crippen LogP contribution in [-0.4, -0.2) is 18.2 Å².